The Kier molecular flexibility index (Phi) is 5.43. The van der Waals surface area contributed by atoms with E-state index in [1.807, 2.05) is 39.0 Å². The van der Waals surface area contributed by atoms with Gasteiger partial charge in [0.1, 0.15) is 12.4 Å². The quantitative estimate of drug-likeness (QED) is 0.850. The van der Waals surface area contributed by atoms with E-state index in [-0.39, 0.29) is 5.60 Å². The van der Waals surface area contributed by atoms with E-state index in [1.165, 1.54) is 0 Å². The van der Waals surface area contributed by atoms with Gasteiger partial charge in [0.05, 0.1) is 12.2 Å². The van der Waals surface area contributed by atoms with E-state index in [4.69, 9.17) is 15.2 Å². The second kappa shape index (κ2) is 6.38. The number of hydrogen-bond acceptors (Lipinski definition) is 3. The lowest BCUT2D eigenvalue weighted by atomic mass is 10.2. The predicted octanol–water partition coefficient (Wildman–Crippen LogP) is 3.10. The first-order valence-electron chi connectivity index (χ1n) is 5.67. The average molecular weight is 302 g/mol. The summed E-state index contributed by atoms with van der Waals surface area (Å²) >= 11 is 3.41. The van der Waals surface area contributed by atoms with Crippen LogP contribution in [0, 0.1) is 0 Å². The predicted molar refractivity (Wildman–Crippen MR) is 73.2 cm³/mol. The molecule has 0 amide bonds. The Bertz CT molecular complexity index is 361. The SMILES string of the molecule is CC(C)(C)OCCOc1ccc(Br)cc1CN. The number of ether oxygens (including phenoxy) is 2. The van der Waals surface area contributed by atoms with Gasteiger partial charge in [0.15, 0.2) is 0 Å². The van der Waals surface area contributed by atoms with E-state index in [0.717, 1.165) is 15.8 Å². The van der Waals surface area contributed by atoms with Crippen molar-refractivity contribution in [2.45, 2.75) is 32.9 Å². The van der Waals surface area contributed by atoms with E-state index in [2.05, 4.69) is 15.9 Å². The first kappa shape index (κ1) is 14.5. The van der Waals surface area contributed by atoms with Crippen molar-refractivity contribution in [1.82, 2.24) is 0 Å². The summed E-state index contributed by atoms with van der Waals surface area (Å²) < 4.78 is 12.2. The molecule has 96 valence electrons. The van der Waals surface area contributed by atoms with Gasteiger partial charge in [0, 0.05) is 16.6 Å². The fraction of sp³-hybridized carbons (Fsp3) is 0.538. The van der Waals surface area contributed by atoms with Gasteiger partial charge in [0.25, 0.3) is 0 Å². The molecule has 0 aliphatic heterocycles. The molecular formula is C13H20BrNO2. The summed E-state index contributed by atoms with van der Waals surface area (Å²) in [5, 5.41) is 0. The first-order chi connectivity index (χ1) is 7.92. The van der Waals surface area contributed by atoms with Crippen LogP contribution >= 0.6 is 15.9 Å². The Labute approximate surface area is 111 Å². The van der Waals surface area contributed by atoms with Gasteiger partial charge in [-0.25, -0.2) is 0 Å². The molecule has 0 aromatic heterocycles. The number of benzene rings is 1. The summed E-state index contributed by atoms with van der Waals surface area (Å²) in [6.07, 6.45) is 0. The Morgan fingerprint density at radius 3 is 2.53 bits per heavy atom. The standard InChI is InChI=1S/C13H20BrNO2/c1-13(2,3)17-7-6-16-12-5-4-11(14)8-10(12)9-15/h4-5,8H,6-7,9,15H2,1-3H3. The Hall–Kier alpha value is -0.580. The van der Waals surface area contributed by atoms with Crippen molar-refractivity contribution < 1.29 is 9.47 Å². The van der Waals surface area contributed by atoms with Crippen LogP contribution < -0.4 is 10.5 Å². The molecule has 1 rings (SSSR count). The molecule has 4 heteroatoms. The van der Waals surface area contributed by atoms with Crippen molar-refractivity contribution in [1.29, 1.82) is 0 Å². The molecule has 0 fully saturated rings. The third-order valence-corrected chi connectivity index (χ3v) is 2.61. The van der Waals surface area contributed by atoms with E-state index in [0.29, 0.717) is 19.8 Å². The maximum atomic E-state index is 5.66. The van der Waals surface area contributed by atoms with Gasteiger partial charge in [0.2, 0.25) is 0 Å². The normalized spacial score (nSPS) is 11.6. The van der Waals surface area contributed by atoms with E-state index in [1.54, 1.807) is 0 Å². The highest BCUT2D eigenvalue weighted by Crippen LogP contribution is 2.22. The van der Waals surface area contributed by atoms with Crippen LogP contribution in [0.3, 0.4) is 0 Å². The number of halogens is 1. The minimum absolute atomic E-state index is 0.125. The maximum absolute atomic E-state index is 5.66. The Morgan fingerprint density at radius 1 is 1.24 bits per heavy atom. The molecule has 0 saturated heterocycles. The third-order valence-electron chi connectivity index (χ3n) is 2.12. The highest BCUT2D eigenvalue weighted by Gasteiger charge is 2.09. The van der Waals surface area contributed by atoms with Crippen molar-refractivity contribution >= 4 is 15.9 Å². The van der Waals surface area contributed by atoms with E-state index < -0.39 is 0 Å². The van der Waals surface area contributed by atoms with Crippen LogP contribution in [0.4, 0.5) is 0 Å². The van der Waals surface area contributed by atoms with Crippen LogP contribution in [-0.4, -0.2) is 18.8 Å². The van der Waals surface area contributed by atoms with Crippen molar-refractivity contribution in [3.8, 4) is 5.75 Å². The number of nitrogens with two attached hydrogens (primary N) is 1. The molecule has 0 atom stereocenters. The summed E-state index contributed by atoms with van der Waals surface area (Å²) in [5.41, 5.74) is 6.53. The van der Waals surface area contributed by atoms with Gasteiger partial charge >= 0.3 is 0 Å². The van der Waals surface area contributed by atoms with Gasteiger partial charge in [-0.15, -0.1) is 0 Å². The van der Waals surface area contributed by atoms with Crippen LogP contribution in [0.2, 0.25) is 0 Å². The molecule has 0 unspecified atom stereocenters. The molecule has 0 aliphatic carbocycles. The topological polar surface area (TPSA) is 44.5 Å². The van der Waals surface area contributed by atoms with E-state index >= 15 is 0 Å². The summed E-state index contributed by atoms with van der Waals surface area (Å²) in [6, 6.07) is 5.84. The van der Waals surface area contributed by atoms with Gasteiger partial charge in [-0.05, 0) is 39.0 Å². The molecule has 3 nitrogen and oxygen atoms in total. The minimum atomic E-state index is -0.125. The lowest BCUT2D eigenvalue weighted by Crippen LogP contribution is -2.22. The fourth-order valence-corrected chi connectivity index (χ4v) is 1.76. The largest absolute Gasteiger partial charge is 0.491 e. The molecule has 17 heavy (non-hydrogen) atoms. The van der Waals surface area contributed by atoms with Gasteiger partial charge < -0.3 is 15.2 Å². The molecule has 1 aromatic rings. The van der Waals surface area contributed by atoms with E-state index in [9.17, 15) is 0 Å². The zero-order valence-electron chi connectivity index (χ0n) is 10.6. The van der Waals surface area contributed by atoms with Crippen LogP contribution in [0.5, 0.6) is 5.75 Å². The summed E-state index contributed by atoms with van der Waals surface area (Å²) in [5.74, 6) is 0.827. The monoisotopic (exact) mass is 301 g/mol. The number of rotatable bonds is 5. The smallest absolute Gasteiger partial charge is 0.123 e. The number of hydrogen-bond donors (Lipinski definition) is 1. The van der Waals surface area contributed by atoms with Gasteiger partial charge in [-0.2, -0.15) is 0 Å². The molecule has 0 radical (unpaired) electrons. The van der Waals surface area contributed by atoms with Gasteiger partial charge in [-0.3, -0.25) is 0 Å². The summed E-state index contributed by atoms with van der Waals surface area (Å²) in [4.78, 5) is 0. The van der Waals surface area contributed by atoms with Crippen molar-refractivity contribution in [2.24, 2.45) is 5.73 Å². The Balaban J connectivity index is 2.46. The minimum Gasteiger partial charge on any atom is -0.491 e. The van der Waals surface area contributed by atoms with Crippen molar-refractivity contribution in [3.05, 3.63) is 28.2 Å². The summed E-state index contributed by atoms with van der Waals surface area (Å²) in [7, 11) is 0. The van der Waals surface area contributed by atoms with Crippen LogP contribution in [0.15, 0.2) is 22.7 Å². The third kappa shape index (κ3) is 5.52. The van der Waals surface area contributed by atoms with Gasteiger partial charge in [-0.1, -0.05) is 15.9 Å². The highest BCUT2D eigenvalue weighted by atomic mass is 79.9. The molecule has 0 aliphatic rings. The molecule has 0 bridgehead atoms. The fourth-order valence-electron chi connectivity index (χ4n) is 1.35. The molecule has 1 aromatic carbocycles. The van der Waals surface area contributed by atoms with Crippen molar-refractivity contribution in [3.63, 3.8) is 0 Å². The lowest BCUT2D eigenvalue weighted by molar-refractivity contribution is -0.0163. The molecule has 0 spiro atoms. The Morgan fingerprint density at radius 2 is 1.94 bits per heavy atom. The van der Waals surface area contributed by atoms with Crippen LogP contribution in [-0.2, 0) is 11.3 Å². The summed E-state index contributed by atoms with van der Waals surface area (Å²) in [6.45, 7) is 7.65. The molecular weight excluding hydrogens is 282 g/mol. The molecule has 0 saturated carbocycles. The van der Waals surface area contributed by atoms with Crippen LogP contribution in [0.25, 0.3) is 0 Å². The lowest BCUT2D eigenvalue weighted by Gasteiger charge is -2.20. The second-order valence-electron chi connectivity index (χ2n) is 4.77. The van der Waals surface area contributed by atoms with Crippen molar-refractivity contribution in [2.75, 3.05) is 13.2 Å². The average Bonchev–Trinajstić information content (AvgIpc) is 2.24. The zero-order chi connectivity index (χ0) is 12.9. The first-order valence-corrected chi connectivity index (χ1v) is 6.47. The maximum Gasteiger partial charge on any atom is 0.123 e. The highest BCUT2D eigenvalue weighted by molar-refractivity contribution is 9.10. The van der Waals surface area contributed by atoms with Crippen LogP contribution in [0.1, 0.15) is 26.3 Å². The molecule has 2 N–H and O–H groups in total. The molecule has 0 heterocycles. The zero-order valence-corrected chi connectivity index (χ0v) is 12.2. The second-order valence-corrected chi connectivity index (χ2v) is 5.68.